The molecule has 1 aromatic rings. The van der Waals surface area contributed by atoms with Crippen molar-refractivity contribution in [3.63, 3.8) is 0 Å². The maximum Gasteiger partial charge on any atom is 0.206 e. The van der Waals surface area contributed by atoms with Crippen LogP contribution in [0.25, 0.3) is 0 Å². The molecule has 0 unspecified atom stereocenters. The van der Waals surface area contributed by atoms with E-state index in [0.29, 0.717) is 0 Å². The predicted molar refractivity (Wildman–Crippen MR) is 73.3 cm³/mol. The van der Waals surface area contributed by atoms with Crippen LogP contribution in [-0.4, -0.2) is 25.6 Å². The minimum Gasteiger partial charge on any atom is -0.310 e. The molecule has 0 saturated heterocycles. The van der Waals surface area contributed by atoms with Gasteiger partial charge in [-0.05, 0) is 24.6 Å². The van der Waals surface area contributed by atoms with Crippen molar-refractivity contribution in [2.45, 2.75) is 6.42 Å². The van der Waals surface area contributed by atoms with Gasteiger partial charge >= 0.3 is 0 Å². The number of rotatable bonds is 2. The fourth-order valence-corrected chi connectivity index (χ4v) is 2.58. The zero-order valence-electron chi connectivity index (χ0n) is 9.56. The highest BCUT2D eigenvalue weighted by molar-refractivity contribution is 6.31. The third-order valence-electron chi connectivity index (χ3n) is 3.11. The van der Waals surface area contributed by atoms with Gasteiger partial charge in [0.25, 0.3) is 0 Å². The molecule has 3 rings (SSSR count). The molecule has 0 N–H and O–H groups in total. The van der Waals surface area contributed by atoms with Gasteiger partial charge in [0.1, 0.15) is 0 Å². The topological polar surface area (TPSA) is 18.8 Å². The fraction of sp³-hybridized carbons (Fsp3) is 0.308. The fourth-order valence-electron chi connectivity index (χ4n) is 2.41. The highest BCUT2D eigenvalue weighted by Crippen LogP contribution is 2.39. The first kappa shape index (κ1) is 10.7. The molecule has 88 valence electrons. The molecule has 2 aliphatic heterocycles. The van der Waals surface area contributed by atoms with Crippen molar-refractivity contribution in [3.05, 3.63) is 35.9 Å². The molecular weight excluding hydrogens is 234 g/mol. The van der Waals surface area contributed by atoms with Crippen LogP contribution in [0.15, 0.2) is 35.8 Å². The van der Waals surface area contributed by atoms with Crippen LogP contribution >= 0.6 is 11.6 Å². The Morgan fingerprint density at radius 2 is 2.29 bits per heavy atom. The molecule has 3 nitrogen and oxygen atoms in total. The number of benzene rings is 1. The molecule has 0 fully saturated rings. The minimum atomic E-state index is 0.772. The van der Waals surface area contributed by atoms with E-state index < -0.39 is 0 Å². The average molecular weight is 248 g/mol. The lowest BCUT2D eigenvalue weighted by molar-refractivity contribution is 0.788. The third-order valence-corrected chi connectivity index (χ3v) is 3.34. The maximum absolute atomic E-state index is 6.07. The van der Waals surface area contributed by atoms with E-state index in [4.69, 9.17) is 11.6 Å². The van der Waals surface area contributed by atoms with Crippen LogP contribution in [0.1, 0.15) is 6.42 Å². The van der Waals surface area contributed by atoms with E-state index >= 15 is 0 Å². The third kappa shape index (κ3) is 1.62. The molecule has 17 heavy (non-hydrogen) atoms. The van der Waals surface area contributed by atoms with Crippen molar-refractivity contribution in [3.8, 4) is 0 Å². The van der Waals surface area contributed by atoms with Crippen molar-refractivity contribution in [2.75, 3.05) is 29.4 Å². The molecule has 1 aromatic carbocycles. The summed E-state index contributed by atoms with van der Waals surface area (Å²) in [4.78, 5) is 9.05. The Morgan fingerprint density at radius 1 is 1.41 bits per heavy atom. The molecule has 0 atom stereocenters. The Bertz CT molecular complexity index is 495. The average Bonchev–Trinajstić information content (AvgIpc) is 2.65. The van der Waals surface area contributed by atoms with Crippen LogP contribution in [-0.2, 0) is 0 Å². The van der Waals surface area contributed by atoms with E-state index in [9.17, 15) is 0 Å². The molecular formula is C13H14ClN3. The highest BCUT2D eigenvalue weighted by Gasteiger charge is 2.33. The normalized spacial score (nSPS) is 17.6. The number of hydrogen-bond donors (Lipinski definition) is 0. The van der Waals surface area contributed by atoms with E-state index in [0.717, 1.165) is 42.7 Å². The van der Waals surface area contributed by atoms with Gasteiger partial charge < -0.3 is 9.80 Å². The number of hydrogen-bond acceptors (Lipinski definition) is 3. The van der Waals surface area contributed by atoms with Gasteiger partial charge in [-0.2, -0.15) is 0 Å². The van der Waals surface area contributed by atoms with E-state index in [-0.39, 0.29) is 0 Å². The Labute approximate surface area is 106 Å². The van der Waals surface area contributed by atoms with Gasteiger partial charge in [-0.1, -0.05) is 17.7 Å². The minimum absolute atomic E-state index is 0.772. The molecule has 0 aliphatic carbocycles. The Morgan fingerprint density at radius 3 is 3.12 bits per heavy atom. The summed E-state index contributed by atoms with van der Waals surface area (Å²) < 4.78 is 0. The lowest BCUT2D eigenvalue weighted by Crippen LogP contribution is -2.41. The van der Waals surface area contributed by atoms with Crippen LogP contribution in [0.5, 0.6) is 0 Å². The lowest BCUT2D eigenvalue weighted by atomic mass is 10.2. The highest BCUT2D eigenvalue weighted by atomic mass is 35.5. The largest absolute Gasteiger partial charge is 0.310 e. The number of anilines is 2. The van der Waals surface area contributed by atoms with Gasteiger partial charge in [-0.25, -0.2) is 0 Å². The van der Waals surface area contributed by atoms with E-state index in [1.165, 1.54) is 5.69 Å². The summed E-state index contributed by atoms with van der Waals surface area (Å²) in [5, 5.41) is 0.772. The summed E-state index contributed by atoms with van der Waals surface area (Å²) in [5.74, 6) is 1.04. The quantitative estimate of drug-likeness (QED) is 0.749. The molecule has 0 radical (unpaired) electrons. The SMILES string of the molecule is C=CCN1C2=NCCCN2c2cc(Cl)ccc21. The van der Waals surface area contributed by atoms with Gasteiger partial charge in [0.15, 0.2) is 0 Å². The molecule has 4 heteroatoms. The molecule has 0 spiro atoms. The van der Waals surface area contributed by atoms with Crippen LogP contribution in [0, 0.1) is 0 Å². The predicted octanol–water partition coefficient (Wildman–Crippen LogP) is 2.91. The Balaban J connectivity index is 2.12. The summed E-state index contributed by atoms with van der Waals surface area (Å²) in [7, 11) is 0. The summed E-state index contributed by atoms with van der Waals surface area (Å²) >= 11 is 6.07. The Hall–Kier alpha value is -1.48. The van der Waals surface area contributed by atoms with Gasteiger partial charge in [-0.3, -0.25) is 4.99 Å². The number of aliphatic imine (C=N–C) groups is 1. The van der Waals surface area contributed by atoms with E-state index in [2.05, 4.69) is 27.4 Å². The van der Waals surface area contributed by atoms with Crippen LogP contribution in [0.3, 0.4) is 0 Å². The van der Waals surface area contributed by atoms with Gasteiger partial charge in [0, 0.05) is 24.7 Å². The Kier molecular flexibility index (Phi) is 2.56. The van der Waals surface area contributed by atoms with Crippen LogP contribution in [0.4, 0.5) is 11.4 Å². The van der Waals surface area contributed by atoms with Gasteiger partial charge in [0.2, 0.25) is 5.96 Å². The van der Waals surface area contributed by atoms with Gasteiger partial charge in [0.05, 0.1) is 11.4 Å². The van der Waals surface area contributed by atoms with Crippen LogP contribution in [0.2, 0.25) is 5.02 Å². The summed E-state index contributed by atoms with van der Waals surface area (Å²) in [5.41, 5.74) is 2.34. The second-order valence-corrected chi connectivity index (χ2v) is 4.66. The molecule has 0 amide bonds. The van der Waals surface area contributed by atoms with Crippen molar-refractivity contribution in [1.82, 2.24) is 0 Å². The summed E-state index contributed by atoms with van der Waals surface area (Å²) in [6.45, 7) is 6.51. The molecule has 0 bridgehead atoms. The standard InChI is InChI=1S/C13H14ClN3/c1-2-7-16-11-5-4-10(14)9-12(11)17-8-3-6-15-13(16)17/h2,4-5,9H,1,3,6-8H2. The first-order valence-electron chi connectivity index (χ1n) is 5.81. The van der Waals surface area contributed by atoms with Crippen molar-refractivity contribution in [1.29, 1.82) is 0 Å². The van der Waals surface area contributed by atoms with E-state index in [1.807, 2.05) is 18.2 Å². The summed E-state index contributed by atoms with van der Waals surface area (Å²) in [6, 6.07) is 6.00. The van der Waals surface area contributed by atoms with E-state index in [1.54, 1.807) is 0 Å². The maximum atomic E-state index is 6.07. The second-order valence-electron chi connectivity index (χ2n) is 4.22. The van der Waals surface area contributed by atoms with Crippen molar-refractivity contribution < 1.29 is 0 Å². The molecule has 0 saturated carbocycles. The zero-order chi connectivity index (χ0) is 11.8. The molecule has 2 heterocycles. The van der Waals surface area contributed by atoms with Crippen molar-refractivity contribution >= 4 is 28.9 Å². The second kappa shape index (κ2) is 4.08. The molecule has 0 aromatic heterocycles. The first-order chi connectivity index (χ1) is 8.31. The van der Waals surface area contributed by atoms with Gasteiger partial charge in [-0.15, -0.1) is 6.58 Å². The zero-order valence-corrected chi connectivity index (χ0v) is 10.3. The van der Waals surface area contributed by atoms with Crippen molar-refractivity contribution in [2.24, 2.45) is 4.99 Å². The lowest BCUT2D eigenvalue weighted by Gasteiger charge is -2.26. The molecule has 2 aliphatic rings. The number of fused-ring (bicyclic) bond motifs is 3. The number of nitrogens with zero attached hydrogens (tertiary/aromatic N) is 3. The smallest absolute Gasteiger partial charge is 0.206 e. The van der Waals surface area contributed by atoms with Crippen LogP contribution < -0.4 is 9.80 Å². The number of guanidine groups is 1. The first-order valence-corrected chi connectivity index (χ1v) is 6.19. The number of halogens is 1. The summed E-state index contributed by atoms with van der Waals surface area (Å²) in [6.07, 6.45) is 3.00. The monoisotopic (exact) mass is 247 g/mol.